The molecule has 0 bridgehead atoms. The van der Waals surface area contributed by atoms with Crippen LogP contribution in [0.3, 0.4) is 0 Å². The Morgan fingerprint density at radius 1 is 1.15 bits per heavy atom. The Labute approximate surface area is 153 Å². The molecule has 4 N–H and O–H groups in total. The van der Waals surface area contributed by atoms with Crippen LogP contribution in [0.25, 0.3) is 0 Å². The number of carboxylic acid groups (broad SMARTS) is 1. The number of amidine groups is 1. The molecule has 1 aromatic carbocycles. The van der Waals surface area contributed by atoms with Gasteiger partial charge in [-0.15, -0.1) is 0 Å². The van der Waals surface area contributed by atoms with Gasteiger partial charge in [-0.1, -0.05) is 24.3 Å². The van der Waals surface area contributed by atoms with Crippen LogP contribution < -0.4 is 5.73 Å². The molecule has 0 radical (unpaired) electrons. The van der Waals surface area contributed by atoms with Crippen molar-refractivity contribution in [2.24, 2.45) is 5.73 Å². The highest BCUT2D eigenvalue weighted by atomic mass is 32.2. The molecule has 0 aromatic heterocycles. The van der Waals surface area contributed by atoms with Crippen molar-refractivity contribution in [3.63, 3.8) is 0 Å². The van der Waals surface area contributed by atoms with E-state index in [0.717, 1.165) is 12.5 Å². The number of hydrogen-bond donors (Lipinski definition) is 3. The normalized spacial score (nSPS) is 14.9. The van der Waals surface area contributed by atoms with Crippen molar-refractivity contribution < 1.29 is 23.1 Å². The van der Waals surface area contributed by atoms with E-state index in [9.17, 15) is 13.2 Å². The third-order valence-electron chi connectivity index (χ3n) is 3.68. The Kier molecular flexibility index (Phi) is 7.72. The number of piperazine rings is 1. The summed E-state index contributed by atoms with van der Waals surface area (Å²) in [5.74, 6) is -0.863. The first-order valence-corrected chi connectivity index (χ1v) is 9.71. The maximum Gasteiger partial charge on any atom is 0.300 e. The SMILES string of the molecule is CC(=O)O.CS(=O)(=O)N1CCN(C(=O)Cc2ccc(C(=N)N)cc2)CC1. The van der Waals surface area contributed by atoms with Gasteiger partial charge in [-0.2, -0.15) is 4.31 Å². The highest BCUT2D eigenvalue weighted by Crippen LogP contribution is 2.10. The molecule has 0 unspecified atom stereocenters. The largest absolute Gasteiger partial charge is 0.481 e. The molecule has 26 heavy (non-hydrogen) atoms. The molecule has 2 rings (SSSR count). The molecule has 1 aliphatic heterocycles. The van der Waals surface area contributed by atoms with Crippen molar-refractivity contribution in [1.29, 1.82) is 5.41 Å². The van der Waals surface area contributed by atoms with Crippen LogP contribution in [0.4, 0.5) is 0 Å². The van der Waals surface area contributed by atoms with Crippen LogP contribution >= 0.6 is 0 Å². The summed E-state index contributed by atoms with van der Waals surface area (Å²) in [6.07, 6.45) is 1.44. The number of amides is 1. The zero-order valence-electron chi connectivity index (χ0n) is 14.8. The van der Waals surface area contributed by atoms with Crippen LogP contribution in [0.2, 0.25) is 0 Å². The minimum absolute atomic E-state index is 0.00484. The van der Waals surface area contributed by atoms with E-state index >= 15 is 0 Å². The van der Waals surface area contributed by atoms with Gasteiger partial charge in [0.2, 0.25) is 15.9 Å². The average Bonchev–Trinajstić information content (AvgIpc) is 2.54. The molecule has 0 spiro atoms. The zero-order chi connectivity index (χ0) is 19.9. The van der Waals surface area contributed by atoms with E-state index in [4.69, 9.17) is 21.0 Å². The number of nitrogens with zero attached hydrogens (tertiary/aromatic N) is 2. The van der Waals surface area contributed by atoms with Gasteiger partial charge < -0.3 is 15.7 Å². The fraction of sp³-hybridized carbons (Fsp3) is 0.438. The van der Waals surface area contributed by atoms with Crippen molar-refractivity contribution in [1.82, 2.24) is 9.21 Å². The summed E-state index contributed by atoms with van der Waals surface area (Å²) < 4.78 is 24.3. The van der Waals surface area contributed by atoms with Gasteiger partial charge in [0.25, 0.3) is 5.97 Å². The van der Waals surface area contributed by atoms with Crippen molar-refractivity contribution >= 4 is 27.7 Å². The molecule has 1 fully saturated rings. The Hall–Kier alpha value is -2.46. The smallest absolute Gasteiger partial charge is 0.300 e. The second-order valence-corrected chi connectivity index (χ2v) is 7.83. The molecule has 0 atom stereocenters. The Bertz CT molecular complexity index is 749. The Morgan fingerprint density at radius 3 is 2.00 bits per heavy atom. The predicted octanol–water partition coefficient (Wildman–Crippen LogP) is -0.292. The lowest BCUT2D eigenvalue weighted by Crippen LogP contribution is -2.50. The molecule has 1 heterocycles. The quantitative estimate of drug-likeness (QED) is 0.480. The maximum atomic E-state index is 12.2. The van der Waals surface area contributed by atoms with Crippen LogP contribution in [0.5, 0.6) is 0 Å². The van der Waals surface area contributed by atoms with Gasteiger partial charge in [-0.25, -0.2) is 8.42 Å². The van der Waals surface area contributed by atoms with Crippen LogP contribution in [-0.2, 0) is 26.0 Å². The first kappa shape index (κ1) is 21.6. The van der Waals surface area contributed by atoms with Gasteiger partial charge in [-0.05, 0) is 5.56 Å². The van der Waals surface area contributed by atoms with Crippen LogP contribution in [0.1, 0.15) is 18.1 Å². The number of nitrogen functional groups attached to an aromatic ring is 1. The minimum atomic E-state index is -3.18. The van der Waals surface area contributed by atoms with Crippen molar-refractivity contribution in [3.05, 3.63) is 35.4 Å². The van der Waals surface area contributed by atoms with Crippen molar-refractivity contribution in [2.75, 3.05) is 32.4 Å². The van der Waals surface area contributed by atoms with E-state index in [1.165, 1.54) is 10.6 Å². The van der Waals surface area contributed by atoms with Crippen LogP contribution in [0, 0.1) is 5.41 Å². The van der Waals surface area contributed by atoms with Crippen molar-refractivity contribution in [3.8, 4) is 0 Å². The lowest BCUT2D eigenvalue weighted by atomic mass is 10.1. The molecule has 0 saturated carbocycles. The summed E-state index contributed by atoms with van der Waals surface area (Å²) in [6.45, 7) is 2.59. The molecule has 0 aliphatic carbocycles. The number of carboxylic acids is 1. The van der Waals surface area contributed by atoms with E-state index < -0.39 is 16.0 Å². The fourth-order valence-corrected chi connectivity index (χ4v) is 3.18. The molecule has 1 aromatic rings. The number of sulfonamides is 1. The van der Waals surface area contributed by atoms with Gasteiger partial charge in [0.15, 0.2) is 0 Å². The highest BCUT2D eigenvalue weighted by molar-refractivity contribution is 7.88. The number of nitrogens with two attached hydrogens (primary N) is 1. The average molecular weight is 384 g/mol. The molecule has 1 saturated heterocycles. The summed E-state index contributed by atoms with van der Waals surface area (Å²) in [5, 5.41) is 14.7. The number of benzene rings is 1. The maximum absolute atomic E-state index is 12.2. The van der Waals surface area contributed by atoms with E-state index in [1.54, 1.807) is 29.2 Å². The highest BCUT2D eigenvalue weighted by Gasteiger charge is 2.25. The van der Waals surface area contributed by atoms with Gasteiger partial charge in [0, 0.05) is 38.7 Å². The topological polar surface area (TPSA) is 145 Å². The van der Waals surface area contributed by atoms with E-state index in [2.05, 4.69) is 0 Å². The summed E-state index contributed by atoms with van der Waals surface area (Å²) in [6, 6.07) is 6.99. The second-order valence-electron chi connectivity index (χ2n) is 5.85. The van der Waals surface area contributed by atoms with E-state index in [-0.39, 0.29) is 18.2 Å². The molecular weight excluding hydrogens is 360 g/mol. The number of carbonyl (C=O) groups excluding carboxylic acids is 1. The predicted molar refractivity (Wildman–Crippen MR) is 97.5 cm³/mol. The number of carbonyl (C=O) groups is 2. The monoisotopic (exact) mass is 384 g/mol. The summed E-state index contributed by atoms with van der Waals surface area (Å²) >= 11 is 0. The molecule has 1 amide bonds. The number of hydrogen-bond acceptors (Lipinski definition) is 5. The lowest BCUT2D eigenvalue weighted by molar-refractivity contribution is -0.134. The molecular formula is C16H24N4O5S. The van der Waals surface area contributed by atoms with Gasteiger partial charge in [0.05, 0.1) is 12.7 Å². The first-order valence-electron chi connectivity index (χ1n) is 7.86. The van der Waals surface area contributed by atoms with Gasteiger partial charge in [0.1, 0.15) is 5.84 Å². The molecule has 10 heteroatoms. The third kappa shape index (κ3) is 7.19. The number of aliphatic carboxylic acids is 1. The second kappa shape index (κ2) is 9.30. The third-order valence-corrected chi connectivity index (χ3v) is 4.98. The summed E-state index contributed by atoms with van der Waals surface area (Å²) in [7, 11) is -3.18. The number of nitrogens with one attached hydrogen (secondary N) is 1. The summed E-state index contributed by atoms with van der Waals surface area (Å²) in [5.41, 5.74) is 6.86. The zero-order valence-corrected chi connectivity index (χ0v) is 15.6. The summed E-state index contributed by atoms with van der Waals surface area (Å²) in [4.78, 5) is 22.9. The number of rotatable bonds is 4. The Morgan fingerprint density at radius 2 is 1.62 bits per heavy atom. The van der Waals surface area contributed by atoms with Crippen molar-refractivity contribution in [2.45, 2.75) is 13.3 Å². The fourth-order valence-electron chi connectivity index (χ4n) is 2.36. The Balaban J connectivity index is 0.000000765. The standard InChI is InChI=1S/C14H20N4O3S.C2H4O2/c1-22(20,21)18-8-6-17(7-9-18)13(19)10-11-2-4-12(5-3-11)14(15)16;1-2(3)4/h2-5H,6-10H2,1H3,(H3,15,16);1H3,(H,3,4). The molecule has 9 nitrogen and oxygen atoms in total. The van der Waals surface area contributed by atoms with E-state index in [0.29, 0.717) is 31.7 Å². The minimum Gasteiger partial charge on any atom is -0.481 e. The van der Waals surface area contributed by atoms with Gasteiger partial charge in [-0.3, -0.25) is 15.0 Å². The first-order chi connectivity index (χ1) is 12.0. The van der Waals surface area contributed by atoms with Crippen LogP contribution in [-0.4, -0.2) is 72.9 Å². The molecule has 144 valence electrons. The van der Waals surface area contributed by atoms with Crippen LogP contribution in [0.15, 0.2) is 24.3 Å². The van der Waals surface area contributed by atoms with E-state index in [1.807, 2.05) is 0 Å². The molecule has 1 aliphatic rings. The lowest BCUT2D eigenvalue weighted by Gasteiger charge is -2.33. The van der Waals surface area contributed by atoms with Gasteiger partial charge >= 0.3 is 0 Å².